The third-order valence-electron chi connectivity index (χ3n) is 3.66. The van der Waals surface area contributed by atoms with Crippen molar-refractivity contribution < 1.29 is 19.8 Å². The number of ketones is 1. The van der Waals surface area contributed by atoms with Gasteiger partial charge in [0.25, 0.3) is 0 Å². The minimum atomic E-state index is -0.287. The summed E-state index contributed by atoms with van der Waals surface area (Å²) in [7, 11) is 0. The molecule has 1 saturated heterocycles. The van der Waals surface area contributed by atoms with E-state index >= 15 is 0 Å². The predicted molar refractivity (Wildman–Crippen MR) is 77.4 cm³/mol. The molecule has 0 unspecified atom stereocenters. The average Bonchev–Trinajstić information content (AvgIpc) is 2.43. The molecule has 1 aliphatic rings. The molecule has 0 aliphatic carbocycles. The quantitative estimate of drug-likeness (QED) is 0.566. The van der Waals surface area contributed by atoms with Crippen LogP contribution in [0.15, 0.2) is 18.2 Å². The summed E-state index contributed by atoms with van der Waals surface area (Å²) >= 11 is 0. The number of nitrogens with zero attached hydrogens (tertiary/aromatic N) is 1. The highest BCUT2D eigenvalue weighted by Crippen LogP contribution is 2.25. The lowest BCUT2D eigenvalue weighted by molar-refractivity contribution is -0.119. The van der Waals surface area contributed by atoms with Crippen molar-refractivity contribution in [1.29, 1.82) is 0 Å². The molecule has 1 amide bonds. The first-order valence-corrected chi connectivity index (χ1v) is 7.00. The molecule has 1 heterocycles. The Kier molecular flexibility index (Phi) is 4.80. The zero-order valence-corrected chi connectivity index (χ0v) is 12.0. The summed E-state index contributed by atoms with van der Waals surface area (Å²) in [5.41, 5.74) is 0.384. The smallest absolute Gasteiger partial charge is 0.217 e. The van der Waals surface area contributed by atoms with Crippen LogP contribution in [0.1, 0.15) is 30.1 Å². The molecule has 3 N–H and O–H groups in total. The Labute approximate surface area is 123 Å². The molecule has 0 bridgehead atoms. The molecule has 0 spiro atoms. The fraction of sp³-hybridized carbons (Fsp3) is 0.467. The molecule has 0 atom stereocenters. The maximum Gasteiger partial charge on any atom is 0.217 e. The van der Waals surface area contributed by atoms with E-state index in [-0.39, 0.29) is 35.8 Å². The van der Waals surface area contributed by atoms with E-state index in [0.717, 1.165) is 25.9 Å². The van der Waals surface area contributed by atoms with E-state index < -0.39 is 0 Å². The molecule has 6 heteroatoms. The first-order valence-electron chi connectivity index (χ1n) is 7.00. The lowest BCUT2D eigenvalue weighted by Gasteiger charge is -2.31. The normalized spacial score (nSPS) is 16.6. The summed E-state index contributed by atoms with van der Waals surface area (Å²) in [6, 6.07) is 4.28. The lowest BCUT2D eigenvalue weighted by Crippen LogP contribution is -2.45. The Morgan fingerprint density at radius 2 is 1.90 bits per heavy atom. The second-order valence-electron chi connectivity index (χ2n) is 5.38. The molecule has 1 aromatic rings. The van der Waals surface area contributed by atoms with Crippen molar-refractivity contribution >= 4 is 11.7 Å². The molecule has 114 valence electrons. The van der Waals surface area contributed by atoms with Crippen molar-refractivity contribution in [2.45, 2.75) is 25.8 Å². The van der Waals surface area contributed by atoms with Crippen molar-refractivity contribution in [3.63, 3.8) is 0 Å². The summed E-state index contributed by atoms with van der Waals surface area (Å²) in [4.78, 5) is 25.2. The van der Waals surface area contributed by atoms with E-state index in [9.17, 15) is 19.8 Å². The van der Waals surface area contributed by atoms with Gasteiger partial charge in [0.05, 0.1) is 6.54 Å². The fourth-order valence-corrected chi connectivity index (χ4v) is 2.51. The van der Waals surface area contributed by atoms with Gasteiger partial charge in [-0.2, -0.15) is 0 Å². The summed E-state index contributed by atoms with van der Waals surface area (Å²) in [6.45, 7) is 3.28. The standard InChI is InChI=1S/C15H20N2O4/c1-10(18)16-12-4-6-17(7-5-12)9-15(21)11-2-3-13(19)14(20)8-11/h2-3,8,12,19-20H,4-7,9H2,1H3,(H,16,18). The SMILES string of the molecule is CC(=O)NC1CCN(CC(=O)c2ccc(O)c(O)c2)CC1. The third kappa shape index (κ3) is 4.19. The number of rotatable bonds is 4. The second kappa shape index (κ2) is 6.58. The van der Waals surface area contributed by atoms with Crippen molar-refractivity contribution in [2.24, 2.45) is 0 Å². The largest absolute Gasteiger partial charge is 0.504 e. The van der Waals surface area contributed by atoms with Crippen LogP contribution in [0.5, 0.6) is 11.5 Å². The number of phenolic OH excluding ortho intramolecular Hbond substituents is 2. The highest BCUT2D eigenvalue weighted by Gasteiger charge is 2.21. The number of nitrogens with one attached hydrogen (secondary N) is 1. The van der Waals surface area contributed by atoms with E-state index in [1.807, 2.05) is 4.90 Å². The Hall–Kier alpha value is -2.08. The summed E-state index contributed by atoms with van der Waals surface area (Å²) in [5, 5.41) is 21.5. The number of piperidine rings is 1. The van der Waals surface area contributed by atoms with Crippen LogP contribution in [0.3, 0.4) is 0 Å². The van der Waals surface area contributed by atoms with Crippen LogP contribution in [0.4, 0.5) is 0 Å². The van der Waals surface area contributed by atoms with Gasteiger partial charge in [0, 0.05) is 31.6 Å². The van der Waals surface area contributed by atoms with E-state index in [1.165, 1.54) is 25.1 Å². The summed E-state index contributed by atoms with van der Waals surface area (Å²) < 4.78 is 0. The molecular weight excluding hydrogens is 272 g/mol. The fourth-order valence-electron chi connectivity index (χ4n) is 2.51. The topological polar surface area (TPSA) is 89.9 Å². The van der Waals surface area contributed by atoms with Gasteiger partial charge < -0.3 is 15.5 Å². The molecule has 1 aromatic carbocycles. The van der Waals surface area contributed by atoms with Gasteiger partial charge in [-0.25, -0.2) is 0 Å². The number of carbonyl (C=O) groups excluding carboxylic acids is 2. The van der Waals surface area contributed by atoms with Crippen LogP contribution in [-0.4, -0.2) is 52.5 Å². The van der Waals surface area contributed by atoms with E-state index in [2.05, 4.69) is 5.32 Å². The lowest BCUT2D eigenvalue weighted by atomic mass is 10.0. The molecule has 1 aliphatic heterocycles. The van der Waals surface area contributed by atoms with Gasteiger partial charge in [0.15, 0.2) is 17.3 Å². The Balaban J connectivity index is 1.86. The molecule has 2 rings (SSSR count). The number of likely N-dealkylation sites (tertiary alicyclic amines) is 1. The summed E-state index contributed by atoms with van der Waals surface area (Å²) in [6.07, 6.45) is 1.65. The molecule has 0 saturated carbocycles. The van der Waals surface area contributed by atoms with Crippen LogP contribution >= 0.6 is 0 Å². The molecular formula is C15H20N2O4. The molecule has 6 nitrogen and oxygen atoms in total. The predicted octanol–water partition coefficient (Wildman–Crippen LogP) is 0.881. The van der Waals surface area contributed by atoms with Gasteiger partial charge in [-0.1, -0.05) is 0 Å². The van der Waals surface area contributed by atoms with Gasteiger partial charge in [0.1, 0.15) is 0 Å². The summed E-state index contributed by atoms with van der Waals surface area (Å²) in [5.74, 6) is -0.639. The van der Waals surface area contributed by atoms with E-state index in [1.54, 1.807) is 0 Å². The number of phenols is 2. The first kappa shape index (κ1) is 15.3. The molecule has 0 radical (unpaired) electrons. The molecule has 1 fully saturated rings. The van der Waals surface area contributed by atoms with Gasteiger partial charge in [0.2, 0.25) is 5.91 Å². The minimum Gasteiger partial charge on any atom is -0.504 e. The minimum absolute atomic E-state index is 0.0240. The monoisotopic (exact) mass is 292 g/mol. The van der Waals surface area contributed by atoms with Gasteiger partial charge in [-0.3, -0.25) is 14.5 Å². The molecule has 21 heavy (non-hydrogen) atoms. The Morgan fingerprint density at radius 3 is 2.48 bits per heavy atom. The maximum absolute atomic E-state index is 12.1. The van der Waals surface area contributed by atoms with Gasteiger partial charge in [-0.15, -0.1) is 0 Å². The van der Waals surface area contributed by atoms with Crippen molar-refractivity contribution in [1.82, 2.24) is 10.2 Å². The van der Waals surface area contributed by atoms with Crippen LogP contribution in [0.2, 0.25) is 0 Å². The van der Waals surface area contributed by atoms with Crippen LogP contribution in [-0.2, 0) is 4.79 Å². The van der Waals surface area contributed by atoms with Crippen LogP contribution in [0.25, 0.3) is 0 Å². The van der Waals surface area contributed by atoms with Crippen molar-refractivity contribution in [3.8, 4) is 11.5 Å². The third-order valence-corrected chi connectivity index (χ3v) is 3.66. The number of hydrogen-bond donors (Lipinski definition) is 3. The number of Topliss-reactive ketones (excluding diaryl/α,β-unsaturated/α-hetero) is 1. The van der Waals surface area contributed by atoms with Gasteiger partial charge in [-0.05, 0) is 31.0 Å². The first-order chi connectivity index (χ1) is 9.95. The van der Waals surface area contributed by atoms with E-state index in [4.69, 9.17) is 0 Å². The molecule has 0 aromatic heterocycles. The van der Waals surface area contributed by atoms with Crippen LogP contribution in [0, 0.1) is 0 Å². The zero-order valence-electron chi connectivity index (χ0n) is 12.0. The van der Waals surface area contributed by atoms with Crippen molar-refractivity contribution in [2.75, 3.05) is 19.6 Å². The number of carbonyl (C=O) groups is 2. The number of amides is 1. The van der Waals surface area contributed by atoms with Crippen LogP contribution < -0.4 is 5.32 Å². The highest BCUT2D eigenvalue weighted by atomic mass is 16.3. The number of benzene rings is 1. The Bertz CT molecular complexity index is 536. The highest BCUT2D eigenvalue weighted by molar-refractivity contribution is 5.98. The average molecular weight is 292 g/mol. The second-order valence-corrected chi connectivity index (χ2v) is 5.38. The number of aromatic hydroxyl groups is 2. The van der Waals surface area contributed by atoms with E-state index in [0.29, 0.717) is 5.56 Å². The Morgan fingerprint density at radius 1 is 1.24 bits per heavy atom. The van der Waals surface area contributed by atoms with Crippen molar-refractivity contribution in [3.05, 3.63) is 23.8 Å². The van der Waals surface area contributed by atoms with Gasteiger partial charge >= 0.3 is 0 Å². The zero-order chi connectivity index (χ0) is 15.4. The number of hydrogen-bond acceptors (Lipinski definition) is 5. The maximum atomic E-state index is 12.1.